The highest BCUT2D eigenvalue weighted by Gasteiger charge is 2.32. The highest BCUT2D eigenvalue weighted by molar-refractivity contribution is 5.83. The number of hydrogen-bond donors (Lipinski definition) is 6. The molecule has 100 valence electrons. The quantitative estimate of drug-likeness (QED) is 0.254. The van der Waals surface area contributed by atoms with Crippen LogP contribution in [0, 0.1) is 0 Å². The van der Waals surface area contributed by atoms with Crippen molar-refractivity contribution >= 4 is 12.2 Å². The van der Waals surface area contributed by atoms with E-state index < -0.39 is 43.0 Å². The van der Waals surface area contributed by atoms with Crippen molar-refractivity contribution in [1.82, 2.24) is 5.32 Å². The fourth-order valence-electron chi connectivity index (χ4n) is 1.03. The maximum Gasteiger partial charge on any atom is 0.249 e. The largest absolute Gasteiger partial charge is 0.394 e. The summed E-state index contributed by atoms with van der Waals surface area (Å²) >= 11 is 0. The highest BCUT2D eigenvalue weighted by atomic mass is 16.4. The van der Waals surface area contributed by atoms with Crippen molar-refractivity contribution in [3.8, 4) is 0 Å². The monoisotopic (exact) mass is 251 g/mol. The lowest BCUT2D eigenvalue weighted by Gasteiger charge is -2.26. The van der Waals surface area contributed by atoms with E-state index in [2.05, 4.69) is 0 Å². The van der Waals surface area contributed by atoms with E-state index in [9.17, 15) is 19.8 Å². The van der Waals surface area contributed by atoms with Gasteiger partial charge in [0, 0.05) is 0 Å². The van der Waals surface area contributed by atoms with Crippen molar-refractivity contribution in [2.75, 3.05) is 6.61 Å². The molecule has 0 heterocycles. The first-order valence-corrected chi connectivity index (χ1v) is 4.94. The first-order valence-electron chi connectivity index (χ1n) is 4.94. The molecular weight excluding hydrogens is 234 g/mol. The molecule has 0 bridgehead atoms. The number of aliphatic hydroxyl groups is 5. The molecule has 0 radical (unpaired) electrons. The number of carbonyl (C=O) groups is 2. The Morgan fingerprint density at radius 1 is 1.24 bits per heavy atom. The van der Waals surface area contributed by atoms with E-state index in [4.69, 9.17) is 15.3 Å². The van der Waals surface area contributed by atoms with Gasteiger partial charge in [0.05, 0.1) is 6.61 Å². The molecule has 0 saturated carbocycles. The number of carbonyl (C=O) groups excluding carboxylic acids is 2. The Hall–Kier alpha value is -1.06. The second kappa shape index (κ2) is 7.30. The molecule has 6 N–H and O–H groups in total. The molecule has 0 aliphatic rings. The Labute approximate surface area is 97.5 Å². The van der Waals surface area contributed by atoms with Gasteiger partial charge in [-0.3, -0.25) is 4.79 Å². The van der Waals surface area contributed by atoms with E-state index in [0.717, 1.165) is 6.92 Å². The smallest absolute Gasteiger partial charge is 0.249 e. The van der Waals surface area contributed by atoms with Gasteiger partial charge in [0.15, 0.2) is 0 Å². The predicted molar refractivity (Wildman–Crippen MR) is 54.8 cm³/mol. The Kier molecular flexibility index (Phi) is 6.85. The molecule has 0 aliphatic heterocycles. The van der Waals surface area contributed by atoms with Gasteiger partial charge in [0.25, 0.3) is 0 Å². The molecule has 8 heteroatoms. The molecule has 0 fully saturated rings. The van der Waals surface area contributed by atoms with Crippen molar-refractivity contribution in [2.45, 2.75) is 37.4 Å². The van der Waals surface area contributed by atoms with Crippen LogP contribution in [-0.4, -0.2) is 74.8 Å². The molecule has 0 aromatic heterocycles. The van der Waals surface area contributed by atoms with Crippen molar-refractivity contribution in [3.63, 3.8) is 0 Å². The van der Waals surface area contributed by atoms with Crippen LogP contribution in [0.1, 0.15) is 6.92 Å². The zero-order valence-corrected chi connectivity index (χ0v) is 9.22. The zero-order chi connectivity index (χ0) is 13.6. The summed E-state index contributed by atoms with van der Waals surface area (Å²) in [6, 6.07) is -1.49. The van der Waals surface area contributed by atoms with Crippen LogP contribution < -0.4 is 5.32 Å². The fourth-order valence-corrected chi connectivity index (χ4v) is 1.03. The van der Waals surface area contributed by atoms with Crippen LogP contribution in [0.2, 0.25) is 0 Å². The van der Waals surface area contributed by atoms with Crippen LogP contribution >= 0.6 is 0 Å². The normalized spacial score (nSPS) is 19.9. The molecule has 8 nitrogen and oxygen atoms in total. The maximum atomic E-state index is 11.1. The molecule has 0 aromatic rings. The van der Waals surface area contributed by atoms with E-state index in [0.29, 0.717) is 0 Å². The third-order valence-electron chi connectivity index (χ3n) is 2.13. The van der Waals surface area contributed by atoms with Crippen molar-refractivity contribution in [3.05, 3.63) is 0 Å². The van der Waals surface area contributed by atoms with Crippen LogP contribution in [0.25, 0.3) is 0 Å². The van der Waals surface area contributed by atoms with E-state index in [1.54, 1.807) is 0 Å². The third-order valence-corrected chi connectivity index (χ3v) is 2.13. The Morgan fingerprint density at radius 3 is 2.12 bits per heavy atom. The standard InChI is InChI=1S/C9H17NO7/c1-4(13)9(17)10-5(2-11)7(15)8(16)6(14)3-12/h2,4-8,12-16H,3H2,1H3,(H,10,17)/t4?,5-,6+,7+,8+/m0/s1. The number of amides is 1. The van der Waals surface area contributed by atoms with Crippen molar-refractivity contribution in [1.29, 1.82) is 0 Å². The van der Waals surface area contributed by atoms with Gasteiger partial charge in [-0.2, -0.15) is 0 Å². The lowest BCUT2D eigenvalue weighted by Crippen LogP contribution is -2.54. The minimum Gasteiger partial charge on any atom is -0.394 e. The van der Waals surface area contributed by atoms with Crippen molar-refractivity contribution < 1.29 is 35.1 Å². The van der Waals surface area contributed by atoms with E-state index >= 15 is 0 Å². The van der Waals surface area contributed by atoms with Crippen LogP contribution in [0.5, 0.6) is 0 Å². The average Bonchev–Trinajstić information content (AvgIpc) is 2.32. The molecule has 1 unspecified atom stereocenters. The minimum absolute atomic E-state index is 0.151. The second-order valence-electron chi connectivity index (χ2n) is 3.58. The van der Waals surface area contributed by atoms with Gasteiger partial charge in [0.1, 0.15) is 36.7 Å². The van der Waals surface area contributed by atoms with E-state index in [1.165, 1.54) is 0 Å². The minimum atomic E-state index is -1.80. The highest BCUT2D eigenvalue weighted by Crippen LogP contribution is 2.04. The topological polar surface area (TPSA) is 147 Å². The van der Waals surface area contributed by atoms with Gasteiger partial charge in [-0.1, -0.05) is 0 Å². The summed E-state index contributed by atoms with van der Waals surface area (Å²) in [5, 5.41) is 47.2. The van der Waals surface area contributed by atoms with Gasteiger partial charge in [-0.25, -0.2) is 0 Å². The van der Waals surface area contributed by atoms with Crippen LogP contribution in [0.15, 0.2) is 0 Å². The van der Waals surface area contributed by atoms with Crippen LogP contribution in [0.3, 0.4) is 0 Å². The predicted octanol–water partition coefficient (Wildman–Crippen LogP) is -3.87. The summed E-state index contributed by atoms with van der Waals surface area (Å²) in [6.07, 6.45) is -6.47. The Morgan fingerprint density at radius 2 is 1.76 bits per heavy atom. The first kappa shape index (κ1) is 15.9. The van der Waals surface area contributed by atoms with Gasteiger partial charge in [-0.15, -0.1) is 0 Å². The summed E-state index contributed by atoms with van der Waals surface area (Å²) in [5.74, 6) is -0.910. The molecule has 0 spiro atoms. The average molecular weight is 251 g/mol. The number of nitrogens with one attached hydrogen (secondary N) is 1. The van der Waals surface area contributed by atoms with Gasteiger partial charge in [0.2, 0.25) is 5.91 Å². The van der Waals surface area contributed by atoms with Gasteiger partial charge < -0.3 is 35.6 Å². The summed E-state index contributed by atoms with van der Waals surface area (Å²) < 4.78 is 0. The summed E-state index contributed by atoms with van der Waals surface area (Å²) in [4.78, 5) is 21.7. The molecule has 0 aromatic carbocycles. The maximum absolute atomic E-state index is 11.1. The van der Waals surface area contributed by atoms with Crippen molar-refractivity contribution in [2.24, 2.45) is 0 Å². The second-order valence-corrected chi connectivity index (χ2v) is 3.58. The van der Waals surface area contributed by atoms with Crippen LogP contribution in [-0.2, 0) is 9.59 Å². The van der Waals surface area contributed by atoms with Gasteiger partial charge >= 0.3 is 0 Å². The molecule has 0 saturated heterocycles. The Bertz CT molecular complexity index is 258. The molecule has 0 rings (SSSR count). The van der Waals surface area contributed by atoms with E-state index in [-0.39, 0.29) is 6.29 Å². The summed E-state index contributed by atoms with van der Waals surface area (Å²) in [5.41, 5.74) is 0. The first-order chi connectivity index (χ1) is 7.84. The number of hydrogen-bond acceptors (Lipinski definition) is 7. The van der Waals surface area contributed by atoms with Crippen LogP contribution in [0.4, 0.5) is 0 Å². The number of rotatable bonds is 7. The van der Waals surface area contributed by atoms with Gasteiger partial charge in [-0.05, 0) is 6.92 Å². The molecule has 0 aliphatic carbocycles. The summed E-state index contributed by atoms with van der Waals surface area (Å²) in [6.45, 7) is 0.344. The molecule has 1 amide bonds. The zero-order valence-electron chi connectivity index (χ0n) is 9.22. The molecule has 5 atom stereocenters. The lowest BCUT2D eigenvalue weighted by atomic mass is 10.0. The van der Waals surface area contributed by atoms with E-state index in [1.807, 2.05) is 5.32 Å². The fraction of sp³-hybridized carbons (Fsp3) is 0.778. The lowest BCUT2D eigenvalue weighted by molar-refractivity contribution is -0.136. The summed E-state index contributed by atoms with van der Waals surface area (Å²) in [7, 11) is 0. The molecule has 17 heavy (non-hydrogen) atoms. The molecular formula is C9H17NO7. The number of aldehydes is 1. The number of aliphatic hydroxyl groups excluding tert-OH is 5. The SMILES string of the molecule is CC(O)C(=O)N[C@@H](C=O)[C@@H](O)[C@H](O)[C@H](O)CO. The third kappa shape index (κ3) is 4.75. The Balaban J connectivity index is 4.55.